The molecule has 2 rings (SSSR count). The summed E-state index contributed by atoms with van der Waals surface area (Å²) in [5.41, 5.74) is -1.41. The van der Waals surface area contributed by atoms with Gasteiger partial charge in [-0.2, -0.15) is 0 Å². The molecule has 0 amide bonds. The van der Waals surface area contributed by atoms with Crippen LogP contribution >= 0.6 is 23.2 Å². The van der Waals surface area contributed by atoms with Crippen LogP contribution in [-0.4, -0.2) is 28.7 Å². The normalized spacial score (nSPS) is 35.5. The Hall–Kier alpha value is -0.740. The molecule has 0 aliphatic carbocycles. The maximum absolute atomic E-state index is 7.29. The number of aliphatic imine (C=N–C) groups is 4. The molecule has 2 heterocycles. The predicted octanol–water partition coefficient (Wildman–Crippen LogP) is 1.04. The monoisotopic (exact) mass is 189 g/mol. The zero-order valence-electron chi connectivity index (χ0n) is 6.12. The minimum atomic E-state index is -1.78. The van der Waals surface area contributed by atoms with Gasteiger partial charge in [0.2, 0.25) is 5.60 Å². The number of amidine groups is 1. The number of halogens is 2. The molecule has 0 saturated carbocycles. The zero-order chi connectivity index (χ0) is 8.77. The first-order valence-electron chi connectivity index (χ1n) is 3.24. The maximum Gasteiger partial charge on any atom is 0.218 e. The van der Waals surface area contributed by atoms with Crippen molar-refractivity contribution in [1.29, 1.82) is 0 Å². The van der Waals surface area contributed by atoms with E-state index in [-0.39, 0.29) is 11.0 Å². The lowest BCUT2D eigenvalue weighted by molar-refractivity contribution is 0.975. The van der Waals surface area contributed by atoms with Gasteiger partial charge in [0.25, 0.3) is 0 Å². The van der Waals surface area contributed by atoms with Crippen LogP contribution in [0.1, 0.15) is 1.37 Å². The lowest BCUT2D eigenvalue weighted by Gasteiger charge is -2.07. The van der Waals surface area contributed by atoms with Crippen LogP contribution in [0, 0.1) is 0 Å². The third-order valence-corrected chi connectivity index (χ3v) is 1.60. The van der Waals surface area contributed by atoms with Gasteiger partial charge in [-0.1, -0.05) is 23.2 Å². The Balaban J connectivity index is 2.51. The molecule has 4 nitrogen and oxygen atoms in total. The minimum absolute atomic E-state index is 0.0718. The van der Waals surface area contributed by atoms with E-state index in [9.17, 15) is 0 Å². The van der Waals surface area contributed by atoms with Crippen LogP contribution < -0.4 is 0 Å². The highest BCUT2D eigenvalue weighted by Crippen LogP contribution is 2.13. The lowest BCUT2D eigenvalue weighted by Crippen LogP contribution is -2.22. The standard InChI is InChI=1S/C5H2Cl2N4/c6-3-2-4(9-1-8-2)11-5(7)10-3/h1,5H/i5D. The van der Waals surface area contributed by atoms with Crippen molar-refractivity contribution in [2.24, 2.45) is 20.0 Å². The molecular weight excluding hydrogens is 187 g/mol. The molecule has 0 aromatic heterocycles. The maximum atomic E-state index is 7.29. The summed E-state index contributed by atoms with van der Waals surface area (Å²) in [6.45, 7) is 0. The summed E-state index contributed by atoms with van der Waals surface area (Å²) in [5, 5.41) is 0.0718. The Labute approximate surface area is 73.8 Å². The van der Waals surface area contributed by atoms with Gasteiger partial charge in [0.1, 0.15) is 12.1 Å². The summed E-state index contributed by atoms with van der Waals surface area (Å²) < 4.78 is 7.29. The fraction of sp³-hybridized carbons (Fsp3) is 0.200. The van der Waals surface area contributed by atoms with Crippen LogP contribution in [-0.2, 0) is 0 Å². The van der Waals surface area contributed by atoms with Crippen molar-refractivity contribution < 1.29 is 1.37 Å². The van der Waals surface area contributed by atoms with Crippen LogP contribution in [0.25, 0.3) is 0 Å². The second-order valence-corrected chi connectivity index (χ2v) is 2.53. The van der Waals surface area contributed by atoms with Crippen LogP contribution in [0.15, 0.2) is 20.0 Å². The Morgan fingerprint density at radius 1 is 1.55 bits per heavy atom. The zero-order valence-corrected chi connectivity index (χ0v) is 6.63. The van der Waals surface area contributed by atoms with Crippen LogP contribution in [0.4, 0.5) is 0 Å². The van der Waals surface area contributed by atoms with E-state index in [1.807, 2.05) is 0 Å². The van der Waals surface area contributed by atoms with Crippen LogP contribution in [0.3, 0.4) is 0 Å². The van der Waals surface area contributed by atoms with Crippen molar-refractivity contribution in [3.8, 4) is 0 Å². The number of nitrogens with zero attached hydrogens (tertiary/aromatic N) is 4. The summed E-state index contributed by atoms with van der Waals surface area (Å²) >= 11 is 11.2. The molecule has 0 N–H and O–H groups in total. The molecule has 0 aromatic carbocycles. The van der Waals surface area contributed by atoms with Gasteiger partial charge in [0.05, 0.1) is 1.37 Å². The first-order chi connectivity index (χ1) is 5.58. The molecule has 0 radical (unpaired) electrons. The molecular formula is C5H2Cl2N4. The summed E-state index contributed by atoms with van der Waals surface area (Å²) in [6.07, 6.45) is 1.30. The molecule has 56 valence electrons. The molecule has 2 aliphatic rings. The number of fused-ring (bicyclic) bond motifs is 1. The highest BCUT2D eigenvalue weighted by atomic mass is 35.5. The Kier molecular flexibility index (Phi) is 1.27. The van der Waals surface area contributed by atoms with E-state index in [0.29, 0.717) is 5.71 Å². The molecule has 11 heavy (non-hydrogen) atoms. The average molecular weight is 190 g/mol. The summed E-state index contributed by atoms with van der Waals surface area (Å²) in [5.74, 6) is 0.264. The Morgan fingerprint density at radius 3 is 3.18 bits per heavy atom. The highest BCUT2D eigenvalue weighted by Gasteiger charge is 2.23. The molecule has 0 aromatic rings. The largest absolute Gasteiger partial charge is 0.230 e. The van der Waals surface area contributed by atoms with Gasteiger partial charge in [-0.05, 0) is 0 Å². The molecule has 2 aliphatic heterocycles. The molecule has 6 heteroatoms. The van der Waals surface area contributed by atoms with Gasteiger partial charge >= 0.3 is 0 Å². The SMILES string of the molecule is [2H]C1(Cl)N=C(Cl)C2=NC=NC2=N1. The van der Waals surface area contributed by atoms with Crippen molar-refractivity contribution in [3.05, 3.63) is 0 Å². The Bertz CT molecular complexity index is 354. The fourth-order valence-electron chi connectivity index (χ4n) is 0.734. The number of rotatable bonds is 0. The topological polar surface area (TPSA) is 49.4 Å². The quantitative estimate of drug-likeness (QED) is 0.404. The smallest absolute Gasteiger partial charge is 0.218 e. The molecule has 0 bridgehead atoms. The second kappa shape index (κ2) is 2.39. The molecule has 1 atom stereocenters. The fourth-order valence-corrected chi connectivity index (χ4v) is 1.16. The highest BCUT2D eigenvalue weighted by molar-refractivity contribution is 6.94. The van der Waals surface area contributed by atoms with E-state index in [4.69, 9.17) is 24.6 Å². The third-order valence-electron chi connectivity index (χ3n) is 1.16. The second-order valence-electron chi connectivity index (χ2n) is 1.83. The number of hydrogen-bond acceptors (Lipinski definition) is 4. The molecule has 1 unspecified atom stereocenters. The van der Waals surface area contributed by atoms with E-state index in [1.54, 1.807) is 0 Å². The van der Waals surface area contributed by atoms with E-state index in [0.717, 1.165) is 0 Å². The number of hydrogen-bond donors (Lipinski definition) is 0. The van der Waals surface area contributed by atoms with E-state index in [2.05, 4.69) is 20.0 Å². The van der Waals surface area contributed by atoms with Gasteiger partial charge in [-0.25, -0.2) is 20.0 Å². The van der Waals surface area contributed by atoms with Crippen molar-refractivity contribution in [2.75, 3.05) is 0 Å². The molecule has 0 saturated heterocycles. The van der Waals surface area contributed by atoms with Crippen molar-refractivity contribution in [3.63, 3.8) is 0 Å². The van der Waals surface area contributed by atoms with Gasteiger partial charge in [-0.15, -0.1) is 0 Å². The van der Waals surface area contributed by atoms with Gasteiger partial charge < -0.3 is 0 Å². The number of alkyl halides is 1. The first-order valence-corrected chi connectivity index (χ1v) is 3.49. The summed E-state index contributed by atoms with van der Waals surface area (Å²) in [6, 6.07) is 0. The van der Waals surface area contributed by atoms with Crippen molar-refractivity contribution >= 4 is 46.3 Å². The van der Waals surface area contributed by atoms with Crippen LogP contribution in [0.5, 0.6) is 0 Å². The van der Waals surface area contributed by atoms with Gasteiger partial charge in [0, 0.05) is 0 Å². The Morgan fingerprint density at radius 2 is 2.36 bits per heavy atom. The average Bonchev–Trinajstić information content (AvgIpc) is 2.31. The van der Waals surface area contributed by atoms with Gasteiger partial charge in [-0.3, -0.25) is 0 Å². The van der Waals surface area contributed by atoms with Gasteiger partial charge in [0.15, 0.2) is 11.0 Å². The van der Waals surface area contributed by atoms with E-state index in [1.165, 1.54) is 6.34 Å². The summed E-state index contributed by atoms with van der Waals surface area (Å²) in [4.78, 5) is 14.8. The minimum Gasteiger partial charge on any atom is -0.230 e. The van der Waals surface area contributed by atoms with E-state index < -0.39 is 5.60 Å². The van der Waals surface area contributed by atoms with Crippen molar-refractivity contribution in [1.82, 2.24) is 0 Å². The first kappa shape index (κ1) is 5.85. The molecule has 0 spiro atoms. The predicted molar refractivity (Wildman–Crippen MR) is 46.3 cm³/mol. The van der Waals surface area contributed by atoms with E-state index >= 15 is 0 Å². The summed E-state index contributed by atoms with van der Waals surface area (Å²) in [7, 11) is 0. The molecule has 0 fully saturated rings. The van der Waals surface area contributed by atoms with Crippen LogP contribution in [0.2, 0.25) is 0 Å². The van der Waals surface area contributed by atoms with Crippen molar-refractivity contribution in [2.45, 2.75) is 5.60 Å². The third kappa shape index (κ3) is 1.08. The lowest BCUT2D eigenvalue weighted by atomic mass is 10.3.